The van der Waals surface area contributed by atoms with E-state index in [1.165, 1.54) is 0 Å². The van der Waals surface area contributed by atoms with Gasteiger partial charge in [-0.25, -0.2) is 0 Å². The molecular weight excluding hydrogens is 374 g/mol. The van der Waals surface area contributed by atoms with Crippen LogP contribution in [0.25, 0.3) is 0 Å². The highest BCUT2D eigenvalue weighted by atomic mass is 35.5. The molecule has 2 amide bonds. The van der Waals surface area contributed by atoms with Gasteiger partial charge in [0.1, 0.15) is 0 Å². The molecule has 0 radical (unpaired) electrons. The predicted octanol–water partition coefficient (Wildman–Crippen LogP) is 2.90. The first kappa shape index (κ1) is 20.4. The molecule has 1 saturated heterocycles. The SMILES string of the molecule is CC(c1ccccc1Cl)N1CCN(C(=O)CNC(=O)Cc2ccccc2)CC1. The summed E-state index contributed by atoms with van der Waals surface area (Å²) in [6.45, 7) is 5.07. The van der Waals surface area contributed by atoms with E-state index in [0.717, 1.165) is 29.2 Å². The monoisotopic (exact) mass is 399 g/mol. The summed E-state index contributed by atoms with van der Waals surface area (Å²) < 4.78 is 0. The van der Waals surface area contributed by atoms with Crippen LogP contribution in [0.1, 0.15) is 24.1 Å². The van der Waals surface area contributed by atoms with Crippen LogP contribution in [0.4, 0.5) is 0 Å². The lowest BCUT2D eigenvalue weighted by Crippen LogP contribution is -2.51. The summed E-state index contributed by atoms with van der Waals surface area (Å²) in [5.74, 6) is -0.169. The minimum absolute atomic E-state index is 0.0357. The Labute approximate surface area is 171 Å². The molecule has 5 nitrogen and oxygen atoms in total. The van der Waals surface area contributed by atoms with Crippen molar-refractivity contribution in [3.8, 4) is 0 Å². The fourth-order valence-corrected chi connectivity index (χ4v) is 3.79. The van der Waals surface area contributed by atoms with Crippen LogP contribution >= 0.6 is 11.6 Å². The molecule has 0 aromatic heterocycles. The largest absolute Gasteiger partial charge is 0.347 e. The Balaban J connectivity index is 1.43. The van der Waals surface area contributed by atoms with E-state index in [2.05, 4.69) is 17.1 Å². The minimum atomic E-state index is -0.134. The summed E-state index contributed by atoms with van der Waals surface area (Å²) in [5.41, 5.74) is 2.05. The van der Waals surface area contributed by atoms with Gasteiger partial charge in [-0.3, -0.25) is 14.5 Å². The van der Waals surface area contributed by atoms with E-state index in [-0.39, 0.29) is 30.8 Å². The third-order valence-corrected chi connectivity index (χ3v) is 5.56. The first-order valence-electron chi connectivity index (χ1n) is 9.61. The standard InChI is InChI=1S/C22H26ClN3O2/c1-17(19-9-5-6-10-20(19)23)25-11-13-26(14-12-25)22(28)16-24-21(27)15-18-7-3-2-4-8-18/h2-10,17H,11-16H2,1H3,(H,24,27). The average molecular weight is 400 g/mol. The molecule has 148 valence electrons. The molecular formula is C22H26ClN3O2. The Hall–Kier alpha value is -2.37. The van der Waals surface area contributed by atoms with Gasteiger partial charge < -0.3 is 10.2 Å². The lowest BCUT2D eigenvalue weighted by atomic mass is 10.1. The zero-order chi connectivity index (χ0) is 19.9. The number of benzene rings is 2. The number of nitrogens with zero attached hydrogens (tertiary/aromatic N) is 2. The first-order chi connectivity index (χ1) is 13.5. The van der Waals surface area contributed by atoms with Crippen LogP contribution in [0.5, 0.6) is 0 Å². The van der Waals surface area contributed by atoms with Gasteiger partial charge in [0.05, 0.1) is 13.0 Å². The summed E-state index contributed by atoms with van der Waals surface area (Å²) in [7, 11) is 0. The number of halogens is 1. The molecule has 6 heteroatoms. The minimum Gasteiger partial charge on any atom is -0.347 e. The van der Waals surface area contributed by atoms with Gasteiger partial charge in [0.15, 0.2) is 0 Å². The van der Waals surface area contributed by atoms with Crippen LogP contribution in [-0.2, 0) is 16.0 Å². The number of nitrogens with one attached hydrogen (secondary N) is 1. The average Bonchev–Trinajstić information content (AvgIpc) is 2.73. The van der Waals surface area contributed by atoms with Crippen molar-refractivity contribution in [3.05, 3.63) is 70.7 Å². The van der Waals surface area contributed by atoms with Gasteiger partial charge in [-0.05, 0) is 24.1 Å². The summed E-state index contributed by atoms with van der Waals surface area (Å²) in [6, 6.07) is 17.6. The second-order valence-electron chi connectivity index (χ2n) is 7.05. The molecule has 1 heterocycles. The summed E-state index contributed by atoms with van der Waals surface area (Å²) in [4.78, 5) is 28.6. The van der Waals surface area contributed by atoms with Crippen molar-refractivity contribution >= 4 is 23.4 Å². The van der Waals surface area contributed by atoms with Crippen molar-refractivity contribution < 1.29 is 9.59 Å². The van der Waals surface area contributed by atoms with E-state index in [1.54, 1.807) is 0 Å². The molecule has 1 N–H and O–H groups in total. The molecule has 2 aromatic rings. The Morgan fingerprint density at radius 3 is 2.32 bits per heavy atom. The zero-order valence-electron chi connectivity index (χ0n) is 16.1. The molecule has 0 saturated carbocycles. The summed E-state index contributed by atoms with van der Waals surface area (Å²) in [5, 5.41) is 3.51. The molecule has 28 heavy (non-hydrogen) atoms. The van der Waals surface area contributed by atoms with Crippen LogP contribution in [0.3, 0.4) is 0 Å². The molecule has 1 unspecified atom stereocenters. The number of carbonyl (C=O) groups is 2. The van der Waals surface area contributed by atoms with Gasteiger partial charge >= 0.3 is 0 Å². The van der Waals surface area contributed by atoms with Crippen molar-refractivity contribution in [1.29, 1.82) is 0 Å². The van der Waals surface area contributed by atoms with Crippen LogP contribution < -0.4 is 5.32 Å². The smallest absolute Gasteiger partial charge is 0.242 e. The van der Waals surface area contributed by atoms with Crippen molar-refractivity contribution in [2.24, 2.45) is 0 Å². The van der Waals surface area contributed by atoms with Gasteiger partial charge in [-0.15, -0.1) is 0 Å². The highest BCUT2D eigenvalue weighted by Crippen LogP contribution is 2.27. The quantitative estimate of drug-likeness (QED) is 0.812. The predicted molar refractivity (Wildman–Crippen MR) is 111 cm³/mol. The molecule has 2 aromatic carbocycles. The third kappa shape index (κ3) is 5.33. The molecule has 0 aliphatic carbocycles. The number of carbonyl (C=O) groups excluding carboxylic acids is 2. The van der Waals surface area contributed by atoms with Crippen LogP contribution in [0, 0.1) is 0 Å². The Kier molecular flexibility index (Phi) is 7.06. The number of hydrogen-bond acceptors (Lipinski definition) is 3. The summed E-state index contributed by atoms with van der Waals surface area (Å²) >= 11 is 6.31. The fraction of sp³-hybridized carbons (Fsp3) is 0.364. The molecule has 0 bridgehead atoms. The van der Waals surface area contributed by atoms with Gasteiger partial charge in [0.25, 0.3) is 0 Å². The normalized spacial score (nSPS) is 15.9. The molecule has 1 aliphatic heterocycles. The number of hydrogen-bond donors (Lipinski definition) is 1. The van der Waals surface area contributed by atoms with E-state index in [4.69, 9.17) is 11.6 Å². The van der Waals surface area contributed by atoms with E-state index in [9.17, 15) is 9.59 Å². The highest BCUT2D eigenvalue weighted by molar-refractivity contribution is 6.31. The van der Waals surface area contributed by atoms with Crippen molar-refractivity contribution in [3.63, 3.8) is 0 Å². The number of amides is 2. The van der Waals surface area contributed by atoms with Crippen molar-refractivity contribution in [1.82, 2.24) is 15.1 Å². The van der Waals surface area contributed by atoms with Crippen LogP contribution in [-0.4, -0.2) is 54.3 Å². The van der Waals surface area contributed by atoms with E-state index in [0.29, 0.717) is 13.1 Å². The molecule has 1 fully saturated rings. The lowest BCUT2D eigenvalue weighted by molar-refractivity contribution is -0.134. The Morgan fingerprint density at radius 2 is 1.64 bits per heavy atom. The van der Waals surface area contributed by atoms with Crippen molar-refractivity contribution in [2.45, 2.75) is 19.4 Å². The van der Waals surface area contributed by atoms with Crippen molar-refractivity contribution in [2.75, 3.05) is 32.7 Å². The number of rotatable bonds is 6. The third-order valence-electron chi connectivity index (χ3n) is 5.21. The Bertz CT molecular complexity index is 804. The van der Waals surface area contributed by atoms with E-state index in [1.807, 2.05) is 59.5 Å². The molecule has 1 atom stereocenters. The van der Waals surface area contributed by atoms with E-state index >= 15 is 0 Å². The highest BCUT2D eigenvalue weighted by Gasteiger charge is 2.25. The first-order valence-corrected chi connectivity index (χ1v) is 9.99. The van der Waals surface area contributed by atoms with E-state index < -0.39 is 0 Å². The fourth-order valence-electron chi connectivity index (χ4n) is 3.50. The zero-order valence-corrected chi connectivity index (χ0v) is 16.9. The maximum atomic E-state index is 12.4. The maximum Gasteiger partial charge on any atom is 0.242 e. The topological polar surface area (TPSA) is 52.6 Å². The van der Waals surface area contributed by atoms with Gasteiger partial charge in [-0.1, -0.05) is 60.1 Å². The maximum absolute atomic E-state index is 12.4. The van der Waals surface area contributed by atoms with Crippen LogP contribution in [0.2, 0.25) is 5.02 Å². The molecule has 0 spiro atoms. The number of piperazine rings is 1. The lowest BCUT2D eigenvalue weighted by Gasteiger charge is -2.38. The van der Waals surface area contributed by atoms with Gasteiger partial charge in [-0.2, -0.15) is 0 Å². The molecule has 1 aliphatic rings. The second-order valence-corrected chi connectivity index (χ2v) is 7.46. The molecule has 3 rings (SSSR count). The Morgan fingerprint density at radius 1 is 1.00 bits per heavy atom. The van der Waals surface area contributed by atoms with Crippen LogP contribution in [0.15, 0.2) is 54.6 Å². The second kappa shape index (κ2) is 9.71. The summed E-state index contributed by atoms with van der Waals surface area (Å²) in [6.07, 6.45) is 0.289. The van der Waals surface area contributed by atoms with Gasteiger partial charge in [0.2, 0.25) is 11.8 Å². The van der Waals surface area contributed by atoms with Gasteiger partial charge in [0, 0.05) is 37.2 Å².